The fraction of sp³-hybridized carbons (Fsp3) is 0.654. The number of carbonyl (C=O) groups excluding carboxylic acids is 1. The number of benzene rings is 1. The molecule has 0 aromatic heterocycles. The Hall–Kier alpha value is -2.61. The number of aliphatic hydroxyl groups excluding tert-OH is 1. The molecule has 1 rings (SSSR count). The number of ether oxygens (including phenoxy) is 1. The van der Waals surface area contributed by atoms with E-state index in [1.807, 2.05) is 13.8 Å². The van der Waals surface area contributed by atoms with Crippen LogP contribution in [-0.2, 0) is 27.2 Å². The van der Waals surface area contributed by atoms with Crippen LogP contribution in [0.3, 0.4) is 0 Å². The van der Waals surface area contributed by atoms with Gasteiger partial charge in [-0.05, 0) is 91.8 Å². The van der Waals surface area contributed by atoms with E-state index in [-0.39, 0.29) is 25.4 Å². The number of hydrogen-bond donors (Lipinski definition) is 3. The summed E-state index contributed by atoms with van der Waals surface area (Å²) in [6, 6.07) is 5.00. The Kier molecular flexibility index (Phi) is 9.31. The first kappa shape index (κ1) is 29.4. The Balaban J connectivity index is 3.38. The Morgan fingerprint density at radius 1 is 0.853 bits per heavy atom. The molecule has 1 aromatic rings. The van der Waals surface area contributed by atoms with E-state index in [4.69, 9.17) is 4.74 Å². The second-order valence-corrected chi connectivity index (χ2v) is 11.6. The summed E-state index contributed by atoms with van der Waals surface area (Å²) in [5, 5.41) is 30.2. The van der Waals surface area contributed by atoms with Crippen LogP contribution in [0.1, 0.15) is 85.1 Å². The standard InChI is InChI=1S/C26H41NO7/c1-16(2)27(23(33)34-24(3,4)5)15-20(28)19-11-17(13-25(6,7)21(29)30)10-18(12-19)14-26(8,9)22(31)32/h10-12,16,20,28H,13-15H2,1-9H3,(H,29,30)(H,31,32). The summed E-state index contributed by atoms with van der Waals surface area (Å²) in [7, 11) is 0. The van der Waals surface area contributed by atoms with Gasteiger partial charge < -0.3 is 25.0 Å². The van der Waals surface area contributed by atoms with Crippen LogP contribution in [0.5, 0.6) is 0 Å². The number of amides is 1. The highest BCUT2D eigenvalue weighted by Gasteiger charge is 2.31. The molecule has 8 nitrogen and oxygen atoms in total. The lowest BCUT2D eigenvalue weighted by Crippen LogP contribution is -2.43. The smallest absolute Gasteiger partial charge is 0.410 e. The first-order chi connectivity index (χ1) is 15.2. The molecule has 34 heavy (non-hydrogen) atoms. The van der Waals surface area contributed by atoms with E-state index in [0.29, 0.717) is 16.7 Å². The van der Waals surface area contributed by atoms with E-state index < -0.39 is 40.6 Å². The highest BCUT2D eigenvalue weighted by atomic mass is 16.6. The van der Waals surface area contributed by atoms with Crippen molar-refractivity contribution in [2.45, 2.75) is 92.9 Å². The quantitative estimate of drug-likeness (QED) is 0.445. The maximum absolute atomic E-state index is 12.7. The summed E-state index contributed by atoms with van der Waals surface area (Å²) in [6.45, 7) is 15.4. The lowest BCUT2D eigenvalue weighted by molar-refractivity contribution is -0.147. The number of rotatable bonds is 10. The molecule has 1 unspecified atom stereocenters. The van der Waals surface area contributed by atoms with E-state index in [2.05, 4.69) is 0 Å². The Labute approximate surface area is 202 Å². The van der Waals surface area contributed by atoms with Gasteiger partial charge in [0.05, 0.1) is 23.5 Å². The molecule has 0 aliphatic carbocycles. The van der Waals surface area contributed by atoms with Gasteiger partial charge in [0.1, 0.15) is 5.60 Å². The molecule has 0 saturated carbocycles. The second kappa shape index (κ2) is 10.8. The van der Waals surface area contributed by atoms with E-state index in [9.17, 15) is 29.7 Å². The summed E-state index contributed by atoms with van der Waals surface area (Å²) in [4.78, 5) is 37.5. The van der Waals surface area contributed by atoms with Gasteiger partial charge in [-0.15, -0.1) is 0 Å². The average molecular weight is 480 g/mol. The highest BCUT2D eigenvalue weighted by molar-refractivity contribution is 5.74. The zero-order valence-corrected chi connectivity index (χ0v) is 21.9. The molecular weight excluding hydrogens is 438 g/mol. The zero-order chi connectivity index (χ0) is 26.6. The molecule has 0 heterocycles. The average Bonchev–Trinajstić information content (AvgIpc) is 2.62. The number of carbonyl (C=O) groups is 3. The minimum atomic E-state index is -1.07. The van der Waals surface area contributed by atoms with Crippen molar-refractivity contribution < 1.29 is 34.4 Å². The summed E-state index contributed by atoms with van der Waals surface area (Å²) in [6.07, 6.45) is -1.22. The van der Waals surface area contributed by atoms with Gasteiger partial charge in [-0.3, -0.25) is 9.59 Å². The second-order valence-electron chi connectivity index (χ2n) is 11.6. The van der Waals surface area contributed by atoms with Gasteiger partial charge in [0.15, 0.2) is 0 Å². The van der Waals surface area contributed by atoms with Crippen LogP contribution in [0.4, 0.5) is 4.79 Å². The van der Waals surface area contributed by atoms with Crippen LogP contribution < -0.4 is 0 Å². The van der Waals surface area contributed by atoms with Crippen molar-refractivity contribution in [3.63, 3.8) is 0 Å². The molecular formula is C26H41NO7. The van der Waals surface area contributed by atoms with Crippen LogP contribution in [0, 0.1) is 10.8 Å². The lowest BCUT2D eigenvalue weighted by Gasteiger charge is -2.32. The summed E-state index contributed by atoms with van der Waals surface area (Å²) in [5.74, 6) is -1.91. The number of carboxylic acids is 2. The predicted molar refractivity (Wildman–Crippen MR) is 130 cm³/mol. The lowest BCUT2D eigenvalue weighted by atomic mass is 9.81. The molecule has 0 bridgehead atoms. The first-order valence-corrected chi connectivity index (χ1v) is 11.5. The molecule has 192 valence electrons. The summed E-state index contributed by atoms with van der Waals surface area (Å²) >= 11 is 0. The van der Waals surface area contributed by atoms with Crippen molar-refractivity contribution >= 4 is 18.0 Å². The first-order valence-electron chi connectivity index (χ1n) is 11.5. The number of aliphatic hydroxyl groups is 1. The molecule has 1 atom stereocenters. The van der Waals surface area contributed by atoms with Gasteiger partial charge >= 0.3 is 18.0 Å². The van der Waals surface area contributed by atoms with Crippen LogP contribution in [0.25, 0.3) is 0 Å². The number of nitrogens with zero attached hydrogens (tertiary/aromatic N) is 1. The monoisotopic (exact) mass is 479 g/mol. The van der Waals surface area contributed by atoms with Gasteiger partial charge in [0.2, 0.25) is 0 Å². The fourth-order valence-electron chi connectivity index (χ4n) is 3.47. The molecule has 0 fully saturated rings. The van der Waals surface area contributed by atoms with Crippen LogP contribution >= 0.6 is 0 Å². The molecule has 0 spiro atoms. The van der Waals surface area contributed by atoms with Crippen molar-refractivity contribution in [3.8, 4) is 0 Å². The molecule has 3 N–H and O–H groups in total. The van der Waals surface area contributed by atoms with Crippen molar-refractivity contribution in [1.29, 1.82) is 0 Å². The Morgan fingerprint density at radius 2 is 1.26 bits per heavy atom. The van der Waals surface area contributed by atoms with Gasteiger partial charge in [-0.1, -0.05) is 18.2 Å². The third-order valence-corrected chi connectivity index (χ3v) is 5.53. The summed E-state index contributed by atoms with van der Waals surface area (Å²) in [5.41, 5.74) is -0.952. The van der Waals surface area contributed by atoms with Crippen LogP contribution in [-0.4, -0.2) is 56.4 Å². The van der Waals surface area contributed by atoms with Crippen molar-refractivity contribution in [1.82, 2.24) is 4.90 Å². The Morgan fingerprint density at radius 3 is 1.59 bits per heavy atom. The molecule has 0 saturated heterocycles. The SMILES string of the molecule is CC(C)N(CC(O)c1cc(CC(C)(C)C(=O)O)cc(CC(C)(C)C(=O)O)c1)C(=O)OC(C)(C)C. The molecule has 0 aliphatic heterocycles. The van der Waals surface area contributed by atoms with Gasteiger partial charge in [-0.25, -0.2) is 4.79 Å². The number of hydrogen-bond acceptors (Lipinski definition) is 5. The maximum atomic E-state index is 12.7. The van der Waals surface area contributed by atoms with Gasteiger partial charge in [-0.2, -0.15) is 0 Å². The minimum absolute atomic E-state index is 0.0277. The largest absolute Gasteiger partial charge is 0.481 e. The Bertz CT molecular complexity index is 851. The van der Waals surface area contributed by atoms with Crippen molar-refractivity contribution in [2.24, 2.45) is 10.8 Å². The van der Waals surface area contributed by atoms with E-state index in [1.165, 1.54) is 4.90 Å². The van der Waals surface area contributed by atoms with E-state index >= 15 is 0 Å². The maximum Gasteiger partial charge on any atom is 0.410 e. The number of aliphatic carboxylic acids is 2. The van der Waals surface area contributed by atoms with Crippen LogP contribution in [0.15, 0.2) is 18.2 Å². The third-order valence-electron chi connectivity index (χ3n) is 5.53. The van der Waals surface area contributed by atoms with Crippen LogP contribution in [0.2, 0.25) is 0 Å². The normalized spacial score (nSPS) is 13.5. The van der Waals surface area contributed by atoms with Crippen molar-refractivity contribution in [2.75, 3.05) is 6.54 Å². The van der Waals surface area contributed by atoms with Gasteiger partial charge in [0.25, 0.3) is 0 Å². The minimum Gasteiger partial charge on any atom is -0.481 e. The molecule has 0 radical (unpaired) electrons. The molecule has 0 aliphatic rings. The highest BCUT2D eigenvalue weighted by Crippen LogP contribution is 2.30. The molecule has 1 aromatic carbocycles. The molecule has 8 heteroatoms. The predicted octanol–water partition coefficient (Wildman–Crippen LogP) is 4.67. The van der Waals surface area contributed by atoms with E-state index in [0.717, 1.165) is 0 Å². The van der Waals surface area contributed by atoms with E-state index in [1.54, 1.807) is 66.7 Å². The zero-order valence-electron chi connectivity index (χ0n) is 21.9. The number of carboxylic acid groups (broad SMARTS) is 2. The molecule has 1 amide bonds. The van der Waals surface area contributed by atoms with Crippen molar-refractivity contribution in [3.05, 3.63) is 34.9 Å². The topological polar surface area (TPSA) is 124 Å². The third kappa shape index (κ3) is 8.63. The fourth-order valence-corrected chi connectivity index (χ4v) is 3.47. The summed E-state index contributed by atoms with van der Waals surface area (Å²) < 4.78 is 5.48. The van der Waals surface area contributed by atoms with Gasteiger partial charge in [0, 0.05) is 6.04 Å².